The van der Waals surface area contributed by atoms with Crippen LogP contribution in [0.2, 0.25) is 0 Å². The Morgan fingerprint density at radius 1 is 0.964 bits per heavy atom. The molecule has 0 radical (unpaired) electrons. The lowest BCUT2D eigenvalue weighted by atomic mass is 9.95. The number of ether oxygens (including phenoxy) is 2. The Balaban J connectivity index is 2.01. The molecule has 2 aromatic rings. The molecule has 0 aliphatic heterocycles. The molecule has 0 saturated carbocycles. The van der Waals surface area contributed by atoms with Crippen molar-refractivity contribution in [2.45, 2.75) is 55.6 Å². The molecule has 0 aromatic heterocycles. The molecule has 0 aliphatic rings. The van der Waals surface area contributed by atoms with Gasteiger partial charge in [0.1, 0.15) is 5.75 Å². The minimum Gasteiger partial charge on any atom is -0.497 e. The molecule has 0 aliphatic carbocycles. The van der Waals surface area contributed by atoms with Crippen molar-refractivity contribution in [2.24, 2.45) is 5.92 Å². The molecule has 0 bridgehead atoms. The fraction of sp³-hybridized carbons (Fsp3) is 0.458. The van der Waals surface area contributed by atoms with E-state index in [1.807, 2.05) is 12.1 Å². The van der Waals surface area contributed by atoms with Gasteiger partial charge in [0, 0.05) is 10.1 Å². The van der Waals surface area contributed by atoms with Gasteiger partial charge >= 0.3 is 5.97 Å². The van der Waals surface area contributed by atoms with Gasteiger partial charge in [-0.1, -0.05) is 50.1 Å². The number of hydrogen-bond donors (Lipinski definition) is 0. The lowest BCUT2D eigenvalue weighted by Gasteiger charge is -2.25. The van der Waals surface area contributed by atoms with Crippen molar-refractivity contribution in [2.75, 3.05) is 14.2 Å². The Kier molecular flexibility index (Phi) is 9.98. The van der Waals surface area contributed by atoms with E-state index in [1.54, 1.807) is 18.9 Å². The van der Waals surface area contributed by atoms with E-state index in [0.29, 0.717) is 0 Å². The topological polar surface area (TPSA) is 35.5 Å². The molecule has 0 heterocycles. The summed E-state index contributed by atoms with van der Waals surface area (Å²) in [5.74, 6) is 0.691. The third-order valence-electron chi connectivity index (χ3n) is 4.95. The first-order valence-electron chi connectivity index (χ1n) is 10.1. The summed E-state index contributed by atoms with van der Waals surface area (Å²) in [4.78, 5) is 13.6. The molecule has 2 unspecified atom stereocenters. The van der Waals surface area contributed by atoms with Crippen molar-refractivity contribution in [3.05, 3.63) is 60.2 Å². The molecule has 2 rings (SSSR count). The van der Waals surface area contributed by atoms with Crippen LogP contribution in [0.5, 0.6) is 5.75 Å². The number of hydrogen-bond acceptors (Lipinski definition) is 4. The fourth-order valence-corrected chi connectivity index (χ4v) is 4.75. The van der Waals surface area contributed by atoms with Crippen LogP contribution in [-0.2, 0) is 16.0 Å². The van der Waals surface area contributed by atoms with E-state index in [1.165, 1.54) is 17.6 Å². The number of benzene rings is 2. The third-order valence-corrected chi connectivity index (χ3v) is 6.36. The van der Waals surface area contributed by atoms with Crippen LogP contribution >= 0.6 is 11.8 Å². The lowest BCUT2D eigenvalue weighted by molar-refractivity contribution is -0.145. The van der Waals surface area contributed by atoms with Gasteiger partial charge in [-0.15, -0.1) is 11.8 Å². The molecule has 2 aromatic carbocycles. The number of unbranched alkanes of at least 4 members (excludes halogenated alkanes) is 1. The van der Waals surface area contributed by atoms with E-state index >= 15 is 0 Å². The molecule has 0 fully saturated rings. The number of esters is 1. The summed E-state index contributed by atoms with van der Waals surface area (Å²) in [5, 5.41) is 0.219. The van der Waals surface area contributed by atoms with Crippen molar-refractivity contribution < 1.29 is 14.3 Å². The Morgan fingerprint density at radius 3 is 2.29 bits per heavy atom. The number of methoxy groups -OCH3 is 2. The molecule has 28 heavy (non-hydrogen) atoms. The van der Waals surface area contributed by atoms with Crippen LogP contribution in [0, 0.1) is 5.92 Å². The monoisotopic (exact) mass is 400 g/mol. The quantitative estimate of drug-likeness (QED) is 0.243. The van der Waals surface area contributed by atoms with Crippen molar-refractivity contribution in [1.29, 1.82) is 0 Å². The van der Waals surface area contributed by atoms with Crippen molar-refractivity contribution in [3.8, 4) is 5.75 Å². The summed E-state index contributed by atoms with van der Waals surface area (Å²) in [7, 11) is 3.17. The predicted molar refractivity (Wildman–Crippen MR) is 117 cm³/mol. The normalized spacial score (nSPS) is 13.0. The maximum absolute atomic E-state index is 12.4. The van der Waals surface area contributed by atoms with Crippen molar-refractivity contribution in [3.63, 3.8) is 0 Å². The van der Waals surface area contributed by atoms with Crippen molar-refractivity contribution in [1.82, 2.24) is 0 Å². The van der Waals surface area contributed by atoms with Gasteiger partial charge < -0.3 is 9.47 Å². The molecular weight excluding hydrogens is 368 g/mol. The number of thioether (sulfide) groups is 1. The SMILES string of the molecule is CCCC(C(=O)OC)C(CCCCc1ccccc1)Sc1ccc(OC)cc1. The Labute approximate surface area is 173 Å². The summed E-state index contributed by atoms with van der Waals surface area (Å²) in [5.41, 5.74) is 1.37. The molecule has 0 saturated heterocycles. The van der Waals surface area contributed by atoms with E-state index in [0.717, 1.165) is 44.3 Å². The number of rotatable bonds is 12. The average Bonchev–Trinajstić information content (AvgIpc) is 2.75. The van der Waals surface area contributed by atoms with E-state index in [9.17, 15) is 4.79 Å². The Hall–Kier alpha value is -1.94. The molecule has 0 N–H and O–H groups in total. The Bertz CT molecular complexity index is 685. The van der Waals surface area contributed by atoms with E-state index in [-0.39, 0.29) is 17.1 Å². The number of aryl methyl sites for hydroxylation is 1. The Morgan fingerprint density at radius 2 is 1.68 bits per heavy atom. The minimum absolute atomic E-state index is 0.0705. The maximum Gasteiger partial charge on any atom is 0.309 e. The standard InChI is InChI=1S/C24H32O3S/c1-4-10-22(24(25)27-3)23(28-21-17-15-20(26-2)16-18-21)14-9-8-13-19-11-6-5-7-12-19/h5-7,11-12,15-18,22-23H,4,8-10,13-14H2,1-3H3. The number of carbonyl (C=O) groups excluding carboxylic acids is 1. The van der Waals surface area contributed by atoms with E-state index < -0.39 is 0 Å². The van der Waals surface area contributed by atoms with Gasteiger partial charge in [-0.25, -0.2) is 0 Å². The van der Waals surface area contributed by atoms with Crippen LogP contribution in [0.25, 0.3) is 0 Å². The highest BCUT2D eigenvalue weighted by molar-refractivity contribution is 8.00. The summed E-state index contributed by atoms with van der Waals surface area (Å²) in [6, 6.07) is 18.7. The fourth-order valence-electron chi connectivity index (χ4n) is 3.41. The lowest BCUT2D eigenvalue weighted by Crippen LogP contribution is -2.27. The summed E-state index contributed by atoms with van der Waals surface area (Å²) >= 11 is 1.79. The molecule has 2 atom stereocenters. The largest absolute Gasteiger partial charge is 0.497 e. The minimum atomic E-state index is -0.0871. The van der Waals surface area contributed by atoms with Gasteiger partial charge in [0.2, 0.25) is 0 Å². The first-order valence-corrected chi connectivity index (χ1v) is 11.0. The second-order valence-electron chi connectivity index (χ2n) is 6.98. The van der Waals surface area contributed by atoms with Gasteiger partial charge in [0.15, 0.2) is 0 Å². The first-order chi connectivity index (χ1) is 13.7. The van der Waals surface area contributed by atoms with Crippen LogP contribution in [0.4, 0.5) is 0 Å². The zero-order chi connectivity index (χ0) is 20.2. The van der Waals surface area contributed by atoms with Crippen LogP contribution in [-0.4, -0.2) is 25.4 Å². The van der Waals surface area contributed by atoms with Crippen LogP contribution in [0.15, 0.2) is 59.5 Å². The van der Waals surface area contributed by atoms with Gasteiger partial charge in [0.05, 0.1) is 20.1 Å². The van der Waals surface area contributed by atoms with Crippen LogP contribution in [0.3, 0.4) is 0 Å². The predicted octanol–water partition coefficient (Wildman–Crippen LogP) is 6.16. The molecular formula is C24H32O3S. The summed E-state index contributed by atoms with van der Waals surface area (Å²) in [6.07, 6.45) is 6.15. The summed E-state index contributed by atoms with van der Waals surface area (Å²) < 4.78 is 10.4. The van der Waals surface area contributed by atoms with Gasteiger partial charge in [-0.05, 0) is 55.5 Å². The summed E-state index contributed by atoms with van der Waals surface area (Å²) in [6.45, 7) is 2.13. The molecule has 3 nitrogen and oxygen atoms in total. The van der Waals surface area contributed by atoms with Gasteiger partial charge in [-0.3, -0.25) is 4.79 Å². The van der Waals surface area contributed by atoms with Crippen LogP contribution in [0.1, 0.15) is 44.6 Å². The van der Waals surface area contributed by atoms with Crippen molar-refractivity contribution >= 4 is 17.7 Å². The number of carbonyl (C=O) groups is 1. The van der Waals surface area contributed by atoms with Crippen LogP contribution < -0.4 is 4.74 Å². The zero-order valence-electron chi connectivity index (χ0n) is 17.2. The highest BCUT2D eigenvalue weighted by Crippen LogP contribution is 2.35. The highest BCUT2D eigenvalue weighted by Gasteiger charge is 2.29. The molecule has 4 heteroatoms. The second-order valence-corrected chi connectivity index (χ2v) is 8.29. The first kappa shape index (κ1) is 22.4. The highest BCUT2D eigenvalue weighted by atomic mass is 32.2. The smallest absolute Gasteiger partial charge is 0.309 e. The van der Waals surface area contributed by atoms with Gasteiger partial charge in [0.25, 0.3) is 0 Å². The molecule has 0 amide bonds. The third kappa shape index (κ3) is 7.23. The van der Waals surface area contributed by atoms with E-state index in [2.05, 4.69) is 49.4 Å². The molecule has 152 valence electrons. The van der Waals surface area contributed by atoms with E-state index in [4.69, 9.17) is 9.47 Å². The zero-order valence-corrected chi connectivity index (χ0v) is 18.0. The average molecular weight is 401 g/mol. The van der Waals surface area contributed by atoms with Gasteiger partial charge in [-0.2, -0.15) is 0 Å². The molecule has 0 spiro atoms. The second kappa shape index (κ2) is 12.5. The maximum atomic E-state index is 12.4.